The van der Waals surface area contributed by atoms with Gasteiger partial charge in [-0.3, -0.25) is 21.1 Å². The number of pyridine rings is 2. The molecule has 0 aliphatic heterocycles. The van der Waals surface area contributed by atoms with Gasteiger partial charge in [0.1, 0.15) is 22.8 Å². The molecular formula is C26H33N7O9. The van der Waals surface area contributed by atoms with Crippen molar-refractivity contribution in [2.24, 2.45) is 0 Å². The molecule has 0 atom stereocenters. The highest BCUT2D eigenvalue weighted by Crippen LogP contribution is 2.11. The molecule has 2 heterocycles. The van der Waals surface area contributed by atoms with Crippen LogP contribution in [0, 0.1) is 5.41 Å². The van der Waals surface area contributed by atoms with Gasteiger partial charge >= 0.3 is 30.1 Å². The van der Waals surface area contributed by atoms with Crippen molar-refractivity contribution in [1.29, 1.82) is 5.41 Å². The topological polar surface area (TPSA) is 220 Å². The fourth-order valence-electron chi connectivity index (χ4n) is 2.67. The molecule has 0 unspecified atom stereocenters. The first-order valence-electron chi connectivity index (χ1n) is 12.5. The quantitative estimate of drug-likeness (QED) is 0.0709. The van der Waals surface area contributed by atoms with Crippen molar-refractivity contribution in [3.8, 4) is 0 Å². The summed E-state index contributed by atoms with van der Waals surface area (Å²) in [4.78, 5) is 67.7. The lowest BCUT2D eigenvalue weighted by molar-refractivity contribution is -0.137. The maximum absolute atomic E-state index is 12.2. The predicted molar refractivity (Wildman–Crippen MR) is 147 cm³/mol. The molecule has 2 aromatic heterocycles. The number of nitrogens with zero attached hydrogens (tertiary/aromatic N) is 2. The standard InChI is InChI=1S/C26H33N7O9/c1-25(2,3)41-23(37)32-30-18-10-7-15(13-28-18)21(35)39-17(27)9-12-20(34)40-22(36)16-8-11-19(29-14-16)31-33-24(38)42-26(4,5)6/h7-8,10-11,13-14,27H,9,12H2,1-6H3,(H,28,30)(H,29,31)(H,32,37)(H,33,38). The smallest absolute Gasteiger partial charge is 0.426 e. The number of hydrogen-bond acceptors (Lipinski definition) is 14. The molecule has 0 spiro atoms. The van der Waals surface area contributed by atoms with Crippen LogP contribution in [0.2, 0.25) is 0 Å². The molecule has 42 heavy (non-hydrogen) atoms. The number of amides is 2. The van der Waals surface area contributed by atoms with Gasteiger partial charge in [0.05, 0.1) is 17.5 Å². The summed E-state index contributed by atoms with van der Waals surface area (Å²) in [6.45, 7) is 10.2. The minimum atomic E-state index is -0.983. The van der Waals surface area contributed by atoms with Crippen molar-refractivity contribution in [3.05, 3.63) is 47.8 Å². The number of esters is 3. The van der Waals surface area contributed by atoms with Gasteiger partial charge in [-0.05, 0) is 65.8 Å². The zero-order valence-electron chi connectivity index (χ0n) is 23.9. The Kier molecular flexibility index (Phi) is 11.3. The van der Waals surface area contributed by atoms with Gasteiger partial charge in [-0.2, -0.15) is 0 Å². The molecule has 0 aliphatic rings. The molecule has 0 bridgehead atoms. The molecule has 226 valence electrons. The summed E-state index contributed by atoms with van der Waals surface area (Å²) in [5, 5.41) is 7.79. The first-order valence-corrected chi connectivity index (χ1v) is 12.5. The zero-order chi connectivity index (χ0) is 31.5. The van der Waals surface area contributed by atoms with Crippen molar-refractivity contribution >= 4 is 47.6 Å². The van der Waals surface area contributed by atoms with Gasteiger partial charge < -0.3 is 18.9 Å². The van der Waals surface area contributed by atoms with Gasteiger partial charge in [-0.15, -0.1) is 0 Å². The maximum Gasteiger partial charge on any atom is 0.426 e. The number of hydrogen-bond donors (Lipinski definition) is 5. The fraction of sp³-hybridized carbons (Fsp3) is 0.385. The van der Waals surface area contributed by atoms with E-state index in [2.05, 4.69) is 31.7 Å². The van der Waals surface area contributed by atoms with Crippen LogP contribution in [0.15, 0.2) is 36.7 Å². The monoisotopic (exact) mass is 587 g/mol. The number of nitrogens with one attached hydrogen (secondary N) is 5. The molecule has 2 rings (SSSR count). The third kappa shape index (κ3) is 12.7. The molecule has 2 amide bonds. The fourth-order valence-corrected chi connectivity index (χ4v) is 2.67. The molecule has 0 radical (unpaired) electrons. The number of rotatable bonds is 9. The Morgan fingerprint density at radius 3 is 1.50 bits per heavy atom. The van der Waals surface area contributed by atoms with E-state index in [-0.39, 0.29) is 29.2 Å². The average Bonchev–Trinajstić information content (AvgIpc) is 2.88. The van der Waals surface area contributed by atoms with E-state index >= 15 is 0 Å². The predicted octanol–water partition coefficient (Wildman–Crippen LogP) is 3.48. The van der Waals surface area contributed by atoms with Crippen molar-refractivity contribution in [2.75, 3.05) is 10.9 Å². The molecule has 16 heteroatoms. The van der Waals surface area contributed by atoms with E-state index in [0.717, 1.165) is 12.4 Å². The minimum absolute atomic E-state index is 0.00653. The molecule has 0 saturated carbocycles. The SMILES string of the molecule is CC(C)(C)OC(=O)NNc1ccc(C(=O)OC(=N)CCC(=O)OC(=O)c2ccc(NNC(=O)OC(C)(C)C)nc2)cn1. The number of carbonyl (C=O) groups excluding carboxylic acids is 5. The van der Waals surface area contributed by atoms with E-state index in [1.54, 1.807) is 41.5 Å². The van der Waals surface area contributed by atoms with E-state index in [4.69, 9.17) is 24.4 Å². The Hall–Kier alpha value is -5.28. The summed E-state index contributed by atoms with van der Waals surface area (Å²) in [6, 6.07) is 5.41. The Labute approximate surface area is 241 Å². The lowest BCUT2D eigenvalue weighted by Crippen LogP contribution is -2.36. The molecule has 16 nitrogen and oxygen atoms in total. The highest BCUT2D eigenvalue weighted by atomic mass is 16.6. The first-order chi connectivity index (χ1) is 19.5. The Morgan fingerprint density at radius 1 is 0.690 bits per heavy atom. The van der Waals surface area contributed by atoms with Crippen molar-refractivity contribution in [3.63, 3.8) is 0 Å². The second kappa shape index (κ2) is 14.4. The number of anilines is 2. The van der Waals surface area contributed by atoms with Gasteiger partial charge in [0.15, 0.2) is 5.90 Å². The third-order valence-corrected chi connectivity index (χ3v) is 4.36. The molecule has 2 aromatic rings. The van der Waals surface area contributed by atoms with Crippen LogP contribution < -0.4 is 21.7 Å². The summed E-state index contributed by atoms with van der Waals surface area (Å²) < 4.78 is 19.8. The second-order valence-corrected chi connectivity index (χ2v) is 10.4. The number of aromatic nitrogens is 2. The summed E-state index contributed by atoms with van der Waals surface area (Å²) in [6.07, 6.45) is 0.0966. The summed E-state index contributed by atoms with van der Waals surface area (Å²) in [5.74, 6) is -2.97. The highest BCUT2D eigenvalue weighted by molar-refractivity contribution is 5.99. The van der Waals surface area contributed by atoms with Crippen molar-refractivity contribution in [1.82, 2.24) is 20.8 Å². The van der Waals surface area contributed by atoms with Gasteiger partial charge in [0, 0.05) is 18.8 Å². The molecule has 0 aliphatic carbocycles. The minimum Gasteiger partial charge on any atom is -0.443 e. The second-order valence-electron chi connectivity index (χ2n) is 10.4. The van der Waals surface area contributed by atoms with E-state index < -0.39 is 53.6 Å². The summed E-state index contributed by atoms with van der Waals surface area (Å²) in [5.41, 5.74) is 8.18. The van der Waals surface area contributed by atoms with Crippen LogP contribution in [0.3, 0.4) is 0 Å². The third-order valence-electron chi connectivity index (χ3n) is 4.36. The van der Waals surface area contributed by atoms with Gasteiger partial charge in [-0.25, -0.2) is 40.0 Å². The molecule has 0 fully saturated rings. The lowest BCUT2D eigenvalue weighted by Gasteiger charge is -2.19. The van der Waals surface area contributed by atoms with Gasteiger partial charge in [0.2, 0.25) is 0 Å². The van der Waals surface area contributed by atoms with Crippen LogP contribution in [0.25, 0.3) is 0 Å². The Bertz CT molecular complexity index is 1200. The zero-order valence-corrected chi connectivity index (χ0v) is 23.9. The number of hydrazine groups is 2. The van der Waals surface area contributed by atoms with Gasteiger partial charge in [-0.1, -0.05) is 0 Å². The van der Waals surface area contributed by atoms with E-state index in [9.17, 15) is 24.0 Å². The Morgan fingerprint density at radius 2 is 1.12 bits per heavy atom. The van der Waals surface area contributed by atoms with E-state index in [1.165, 1.54) is 24.3 Å². The van der Waals surface area contributed by atoms with Gasteiger partial charge in [0.25, 0.3) is 0 Å². The molecule has 0 saturated heterocycles. The van der Waals surface area contributed by atoms with Crippen LogP contribution in [0.4, 0.5) is 21.2 Å². The number of carbonyl (C=O) groups is 5. The van der Waals surface area contributed by atoms with Crippen LogP contribution in [-0.2, 0) is 23.7 Å². The van der Waals surface area contributed by atoms with E-state index in [0.29, 0.717) is 0 Å². The van der Waals surface area contributed by atoms with E-state index in [1.807, 2.05) is 0 Å². The first kappa shape index (κ1) is 32.9. The molecular weight excluding hydrogens is 554 g/mol. The van der Waals surface area contributed by atoms with Crippen LogP contribution in [0.5, 0.6) is 0 Å². The van der Waals surface area contributed by atoms with Crippen molar-refractivity contribution < 1.29 is 42.9 Å². The average molecular weight is 588 g/mol. The summed E-state index contributed by atoms with van der Waals surface area (Å²) >= 11 is 0. The van der Waals surface area contributed by atoms with Crippen LogP contribution >= 0.6 is 0 Å². The summed E-state index contributed by atoms with van der Waals surface area (Å²) in [7, 11) is 0. The largest absolute Gasteiger partial charge is 0.443 e. The maximum atomic E-state index is 12.2. The van der Waals surface area contributed by atoms with Crippen LogP contribution in [-0.4, -0.2) is 57.2 Å². The number of ether oxygens (including phenoxy) is 4. The normalized spacial score (nSPS) is 10.9. The van der Waals surface area contributed by atoms with Crippen molar-refractivity contribution in [2.45, 2.75) is 65.6 Å². The Balaban J connectivity index is 1.73. The van der Waals surface area contributed by atoms with Crippen LogP contribution in [0.1, 0.15) is 75.1 Å². The molecule has 5 N–H and O–H groups in total. The lowest BCUT2D eigenvalue weighted by atomic mass is 10.2. The highest BCUT2D eigenvalue weighted by Gasteiger charge is 2.19. The molecule has 0 aromatic carbocycles.